The molecule has 1 saturated heterocycles. The summed E-state index contributed by atoms with van der Waals surface area (Å²) in [5, 5.41) is 28.6. The number of aliphatic hydroxyl groups is 3. The molecule has 0 aliphatic carbocycles. The maximum atomic E-state index is 9.88. The highest BCUT2D eigenvalue weighted by atomic mass is 16.6. The third kappa shape index (κ3) is 11.5. The lowest BCUT2D eigenvalue weighted by molar-refractivity contribution is -0.0938. The van der Waals surface area contributed by atoms with Crippen molar-refractivity contribution >= 4 is 0 Å². The van der Waals surface area contributed by atoms with Crippen LogP contribution in [0.25, 0.3) is 0 Å². The zero-order valence-corrected chi connectivity index (χ0v) is 17.9. The first-order chi connectivity index (χ1) is 13.7. The summed E-state index contributed by atoms with van der Waals surface area (Å²) >= 11 is 0. The zero-order valence-electron chi connectivity index (χ0n) is 17.9. The smallest absolute Gasteiger partial charge is 0.114 e. The number of allylic oxidation sites excluding steroid dienone is 2. The van der Waals surface area contributed by atoms with Gasteiger partial charge in [0, 0.05) is 6.61 Å². The van der Waals surface area contributed by atoms with E-state index in [1.54, 1.807) is 0 Å². The molecule has 5 heteroatoms. The summed E-state index contributed by atoms with van der Waals surface area (Å²) < 4.78 is 11.0. The van der Waals surface area contributed by atoms with Crippen molar-refractivity contribution in [2.45, 2.75) is 115 Å². The summed E-state index contributed by atoms with van der Waals surface area (Å²) in [4.78, 5) is 0. The highest BCUT2D eigenvalue weighted by Gasteiger charge is 2.40. The van der Waals surface area contributed by atoms with Crippen molar-refractivity contribution < 1.29 is 24.8 Å². The largest absolute Gasteiger partial charge is 0.394 e. The second kappa shape index (κ2) is 17.4. The molecule has 5 nitrogen and oxygen atoms in total. The molecule has 1 aliphatic rings. The maximum absolute atomic E-state index is 9.88. The summed E-state index contributed by atoms with van der Waals surface area (Å²) in [7, 11) is 0. The van der Waals surface area contributed by atoms with Gasteiger partial charge in [-0.25, -0.2) is 0 Å². The second-order valence-electron chi connectivity index (χ2n) is 8.03. The van der Waals surface area contributed by atoms with Crippen LogP contribution in [0.3, 0.4) is 0 Å². The molecule has 3 N–H and O–H groups in total. The van der Waals surface area contributed by atoms with Gasteiger partial charge in [-0.2, -0.15) is 0 Å². The van der Waals surface area contributed by atoms with Gasteiger partial charge in [0.2, 0.25) is 0 Å². The first kappa shape index (κ1) is 25.6. The molecule has 1 aliphatic heterocycles. The van der Waals surface area contributed by atoms with Gasteiger partial charge in [0.25, 0.3) is 0 Å². The fraction of sp³-hybridized carbons (Fsp3) is 0.913. The van der Waals surface area contributed by atoms with Crippen molar-refractivity contribution in [3.05, 3.63) is 12.2 Å². The number of aliphatic hydroxyl groups excluding tert-OH is 3. The third-order valence-corrected chi connectivity index (χ3v) is 5.45. The quantitative estimate of drug-likeness (QED) is 0.238. The van der Waals surface area contributed by atoms with Crippen LogP contribution in [0.5, 0.6) is 0 Å². The molecule has 0 bridgehead atoms. The van der Waals surface area contributed by atoms with Gasteiger partial charge in [-0.05, 0) is 32.1 Å². The Morgan fingerprint density at radius 2 is 1.50 bits per heavy atom. The van der Waals surface area contributed by atoms with Crippen LogP contribution < -0.4 is 0 Å². The van der Waals surface area contributed by atoms with Crippen LogP contribution in [0.1, 0.15) is 90.4 Å². The van der Waals surface area contributed by atoms with Crippen molar-refractivity contribution in [1.29, 1.82) is 0 Å². The minimum Gasteiger partial charge on any atom is -0.394 e. The van der Waals surface area contributed by atoms with Crippen LogP contribution in [-0.4, -0.2) is 59.6 Å². The Morgan fingerprint density at radius 3 is 2.11 bits per heavy atom. The number of hydrogen-bond acceptors (Lipinski definition) is 5. The fourth-order valence-electron chi connectivity index (χ4n) is 3.65. The van der Waals surface area contributed by atoms with Crippen molar-refractivity contribution in [2.75, 3.05) is 19.8 Å². The monoisotopic (exact) mass is 400 g/mol. The van der Waals surface area contributed by atoms with E-state index in [-0.39, 0.29) is 13.2 Å². The molecule has 0 saturated carbocycles. The van der Waals surface area contributed by atoms with Crippen molar-refractivity contribution in [3.8, 4) is 0 Å². The molecule has 0 aromatic rings. The molecule has 0 aromatic heterocycles. The molecule has 0 amide bonds. The molecular formula is C23H44O5. The van der Waals surface area contributed by atoms with Gasteiger partial charge < -0.3 is 24.8 Å². The number of ether oxygens (including phenoxy) is 2. The lowest BCUT2D eigenvalue weighted by atomic mass is 10.1. The molecule has 0 aromatic carbocycles. The Labute approximate surface area is 172 Å². The van der Waals surface area contributed by atoms with E-state index in [0.717, 1.165) is 12.8 Å². The number of rotatable bonds is 18. The van der Waals surface area contributed by atoms with Crippen LogP contribution in [-0.2, 0) is 9.47 Å². The van der Waals surface area contributed by atoms with E-state index in [4.69, 9.17) is 14.6 Å². The Kier molecular flexibility index (Phi) is 15.9. The summed E-state index contributed by atoms with van der Waals surface area (Å²) in [5.41, 5.74) is 0. The first-order valence-electron chi connectivity index (χ1n) is 11.6. The van der Waals surface area contributed by atoms with Crippen LogP contribution in [0.4, 0.5) is 0 Å². The molecule has 28 heavy (non-hydrogen) atoms. The lowest BCUT2D eigenvalue weighted by Crippen LogP contribution is -2.42. The third-order valence-electron chi connectivity index (χ3n) is 5.45. The van der Waals surface area contributed by atoms with E-state index in [1.807, 2.05) is 0 Å². The second-order valence-corrected chi connectivity index (χ2v) is 8.03. The average Bonchev–Trinajstić information content (AvgIpc) is 3.07. The van der Waals surface area contributed by atoms with Crippen molar-refractivity contribution in [1.82, 2.24) is 0 Å². The topological polar surface area (TPSA) is 79.2 Å². The molecule has 1 heterocycles. The highest BCUT2D eigenvalue weighted by molar-refractivity contribution is 4.89. The van der Waals surface area contributed by atoms with E-state index >= 15 is 0 Å². The SMILES string of the molecule is CCCCC/C=C/CCCCCCCCCCO[C@@H]1[C@H]([C@H](O)CO)OC[C@@H]1O. The number of hydrogen-bond donors (Lipinski definition) is 3. The van der Waals surface area contributed by atoms with Gasteiger partial charge >= 0.3 is 0 Å². The van der Waals surface area contributed by atoms with Gasteiger partial charge in [-0.3, -0.25) is 0 Å². The minimum absolute atomic E-state index is 0.154. The van der Waals surface area contributed by atoms with E-state index in [0.29, 0.717) is 6.61 Å². The Bertz CT molecular complexity index is 374. The molecule has 4 atom stereocenters. The molecule has 1 fully saturated rings. The minimum atomic E-state index is -1.00. The fourth-order valence-corrected chi connectivity index (χ4v) is 3.65. The van der Waals surface area contributed by atoms with Gasteiger partial charge in [-0.15, -0.1) is 0 Å². The molecule has 1 rings (SSSR count). The van der Waals surface area contributed by atoms with E-state index in [2.05, 4.69) is 19.1 Å². The summed E-state index contributed by atoms with van der Waals surface area (Å²) in [5.74, 6) is 0. The van der Waals surface area contributed by atoms with Crippen LogP contribution in [0.15, 0.2) is 12.2 Å². The van der Waals surface area contributed by atoms with Crippen LogP contribution >= 0.6 is 0 Å². The van der Waals surface area contributed by atoms with Gasteiger partial charge in [0.15, 0.2) is 0 Å². The Morgan fingerprint density at radius 1 is 0.929 bits per heavy atom. The molecular weight excluding hydrogens is 356 g/mol. The summed E-state index contributed by atoms with van der Waals surface area (Å²) in [6.07, 6.45) is 18.1. The highest BCUT2D eigenvalue weighted by Crippen LogP contribution is 2.21. The maximum Gasteiger partial charge on any atom is 0.114 e. The summed E-state index contributed by atoms with van der Waals surface area (Å²) in [6.45, 7) is 2.58. The van der Waals surface area contributed by atoms with Gasteiger partial charge in [0.05, 0.1) is 13.2 Å². The van der Waals surface area contributed by atoms with E-state index in [1.165, 1.54) is 70.6 Å². The van der Waals surface area contributed by atoms with Crippen molar-refractivity contribution in [2.24, 2.45) is 0 Å². The van der Waals surface area contributed by atoms with Gasteiger partial charge in [0.1, 0.15) is 24.4 Å². The lowest BCUT2D eigenvalue weighted by Gasteiger charge is -2.23. The molecule has 0 spiro atoms. The predicted molar refractivity (Wildman–Crippen MR) is 113 cm³/mol. The van der Waals surface area contributed by atoms with E-state index in [9.17, 15) is 10.2 Å². The first-order valence-corrected chi connectivity index (χ1v) is 11.6. The Balaban J connectivity index is 1.88. The van der Waals surface area contributed by atoms with E-state index < -0.39 is 24.4 Å². The van der Waals surface area contributed by atoms with Gasteiger partial charge in [-0.1, -0.05) is 70.4 Å². The zero-order chi connectivity index (χ0) is 20.5. The standard InChI is InChI=1S/C23H44O5/c1-2-3-4-5-6-7-8-9-10-11-12-13-14-15-16-17-27-23-21(26)19-28-22(23)20(25)18-24/h6-7,20-26H,2-5,8-19H2,1H3/b7-6+/t20-,21+,22+,23+/m1/s1. The summed E-state index contributed by atoms with van der Waals surface area (Å²) in [6, 6.07) is 0. The number of unbranched alkanes of at least 4 members (excludes halogenated alkanes) is 11. The van der Waals surface area contributed by atoms with Crippen LogP contribution in [0, 0.1) is 0 Å². The predicted octanol–water partition coefficient (Wildman–Crippen LogP) is 4.13. The van der Waals surface area contributed by atoms with Crippen molar-refractivity contribution in [3.63, 3.8) is 0 Å². The normalized spacial score (nSPS) is 23.6. The average molecular weight is 401 g/mol. The van der Waals surface area contributed by atoms with Crippen LogP contribution in [0.2, 0.25) is 0 Å². The molecule has 166 valence electrons. The molecule has 0 unspecified atom stereocenters. The molecule has 0 radical (unpaired) electrons. The Hall–Kier alpha value is -0.460.